The number of hydrogen-bond donors (Lipinski definition) is 0. The van der Waals surface area contributed by atoms with Gasteiger partial charge >= 0.3 is 0 Å². The number of methoxy groups -OCH3 is 2. The van der Waals surface area contributed by atoms with Crippen LogP contribution in [0.3, 0.4) is 0 Å². The second kappa shape index (κ2) is 7.70. The number of rotatable bonds is 6. The number of halogens is 1. The molecule has 2 aliphatic heterocycles. The SMILES string of the molecule is COc1ccc2c3c1O[C@H]1[C@@]4(OC)CCC5(C[C@@H]4COCc4ccc(Br)cc4)[C@@H](C2)N(C)CC[C@]315. The summed E-state index contributed by atoms with van der Waals surface area (Å²) in [5.41, 5.74) is 3.93. The van der Waals surface area contributed by atoms with Crippen LogP contribution in [0, 0.1) is 11.3 Å². The Labute approximate surface area is 216 Å². The molecule has 6 aliphatic rings. The molecule has 3 saturated carbocycles. The van der Waals surface area contributed by atoms with Gasteiger partial charge in [-0.3, -0.25) is 0 Å². The molecule has 4 aliphatic carbocycles. The largest absolute Gasteiger partial charge is 0.493 e. The lowest BCUT2D eigenvalue weighted by molar-refractivity contribution is -0.282. The third-order valence-corrected chi connectivity index (χ3v) is 11.0. The van der Waals surface area contributed by atoms with E-state index in [2.05, 4.69) is 64.3 Å². The van der Waals surface area contributed by atoms with Gasteiger partial charge in [0, 0.05) is 39.9 Å². The van der Waals surface area contributed by atoms with Gasteiger partial charge in [0.05, 0.1) is 20.3 Å². The molecule has 5 nitrogen and oxygen atoms in total. The molecule has 186 valence electrons. The van der Waals surface area contributed by atoms with Crippen molar-refractivity contribution in [1.82, 2.24) is 4.90 Å². The molecule has 2 heterocycles. The van der Waals surface area contributed by atoms with Crippen molar-refractivity contribution in [3.63, 3.8) is 0 Å². The highest BCUT2D eigenvalue weighted by molar-refractivity contribution is 9.10. The summed E-state index contributed by atoms with van der Waals surface area (Å²) in [5, 5.41) is 0. The van der Waals surface area contributed by atoms with Crippen molar-refractivity contribution >= 4 is 15.9 Å². The molecule has 0 amide bonds. The van der Waals surface area contributed by atoms with Crippen LogP contribution in [0.4, 0.5) is 0 Å². The predicted molar refractivity (Wildman–Crippen MR) is 137 cm³/mol. The number of hydrogen-bond acceptors (Lipinski definition) is 5. The van der Waals surface area contributed by atoms with E-state index in [1.165, 1.54) is 23.1 Å². The van der Waals surface area contributed by atoms with E-state index in [1.807, 2.05) is 7.11 Å². The first kappa shape index (κ1) is 22.6. The molecule has 0 aromatic heterocycles. The molecule has 2 spiro atoms. The highest BCUT2D eigenvalue weighted by Crippen LogP contribution is 2.76. The van der Waals surface area contributed by atoms with Gasteiger partial charge in [0.1, 0.15) is 11.7 Å². The monoisotopic (exact) mass is 539 g/mol. The maximum atomic E-state index is 7.04. The summed E-state index contributed by atoms with van der Waals surface area (Å²) in [6.45, 7) is 2.42. The van der Waals surface area contributed by atoms with Crippen LogP contribution in [0.15, 0.2) is 40.9 Å². The second-order valence-electron chi connectivity index (χ2n) is 11.4. The predicted octanol–water partition coefficient (Wildman–Crippen LogP) is 5.12. The molecule has 2 aromatic carbocycles. The number of benzene rings is 2. The lowest BCUT2D eigenvalue weighted by Crippen LogP contribution is -2.81. The number of piperidine rings is 1. The van der Waals surface area contributed by atoms with Crippen LogP contribution >= 0.6 is 15.9 Å². The normalized spacial score (nSPS) is 38.2. The molecule has 6 atom stereocenters. The third kappa shape index (κ3) is 2.70. The Morgan fingerprint density at radius 2 is 1.91 bits per heavy atom. The van der Waals surface area contributed by atoms with Crippen LogP contribution in [-0.4, -0.2) is 57.1 Å². The summed E-state index contributed by atoms with van der Waals surface area (Å²) in [4.78, 5) is 2.64. The standard InChI is InChI=1S/C29H34BrNO4/c1-31-13-12-28-24-19-6-9-22(32-2)25(24)35-26(28)29(33-3)11-10-27(28,23(31)14-19)15-20(29)17-34-16-18-4-7-21(30)8-5-18/h4-9,20,23,26H,10-17H2,1-3H3/t20-,23-,26-,27?,28+,29-/m1/s1. The summed E-state index contributed by atoms with van der Waals surface area (Å²) in [6.07, 6.45) is 5.56. The average Bonchev–Trinajstić information content (AvgIpc) is 3.24. The van der Waals surface area contributed by atoms with Crippen LogP contribution in [0.2, 0.25) is 0 Å². The Hall–Kier alpha value is -1.60. The van der Waals surface area contributed by atoms with Crippen molar-refractivity contribution < 1.29 is 18.9 Å². The van der Waals surface area contributed by atoms with E-state index in [1.54, 1.807) is 7.11 Å². The Balaban J connectivity index is 1.30. The van der Waals surface area contributed by atoms with Crippen molar-refractivity contribution in [1.29, 1.82) is 0 Å². The van der Waals surface area contributed by atoms with Crippen LogP contribution in [0.1, 0.15) is 42.4 Å². The quantitative estimate of drug-likeness (QED) is 0.509. The summed E-state index contributed by atoms with van der Waals surface area (Å²) >= 11 is 3.53. The van der Waals surface area contributed by atoms with E-state index in [-0.39, 0.29) is 22.5 Å². The van der Waals surface area contributed by atoms with Crippen LogP contribution in [0.5, 0.6) is 11.5 Å². The molecule has 1 saturated heterocycles. The Kier molecular flexibility index (Phi) is 4.97. The van der Waals surface area contributed by atoms with Crippen molar-refractivity contribution in [2.24, 2.45) is 11.3 Å². The van der Waals surface area contributed by atoms with E-state index in [9.17, 15) is 0 Å². The fourth-order valence-electron chi connectivity index (χ4n) is 9.08. The van der Waals surface area contributed by atoms with Crippen molar-refractivity contribution in [3.05, 3.63) is 57.6 Å². The van der Waals surface area contributed by atoms with Gasteiger partial charge in [0.2, 0.25) is 0 Å². The number of likely N-dealkylation sites (N-methyl/N-ethyl adjacent to an activating group) is 1. The van der Waals surface area contributed by atoms with E-state index >= 15 is 0 Å². The molecule has 4 bridgehead atoms. The minimum atomic E-state index is -0.347. The molecule has 0 radical (unpaired) electrons. The number of ether oxygens (including phenoxy) is 4. The minimum absolute atomic E-state index is 0.00188. The lowest BCUT2D eigenvalue weighted by Gasteiger charge is -2.73. The van der Waals surface area contributed by atoms with Crippen molar-refractivity contribution in [2.45, 2.75) is 61.9 Å². The minimum Gasteiger partial charge on any atom is -0.493 e. The Bertz CT molecular complexity index is 1170. The maximum absolute atomic E-state index is 7.04. The topological polar surface area (TPSA) is 40.2 Å². The molecule has 6 heteroatoms. The summed E-state index contributed by atoms with van der Waals surface area (Å²) < 4.78 is 26.9. The van der Waals surface area contributed by atoms with Crippen molar-refractivity contribution in [3.8, 4) is 11.5 Å². The summed E-state index contributed by atoms with van der Waals surface area (Å²) in [7, 11) is 5.99. The van der Waals surface area contributed by atoms with Gasteiger partial charge in [-0.15, -0.1) is 0 Å². The number of nitrogens with zero attached hydrogens (tertiary/aromatic N) is 1. The van der Waals surface area contributed by atoms with Gasteiger partial charge in [-0.2, -0.15) is 0 Å². The van der Waals surface area contributed by atoms with Gasteiger partial charge in [0.15, 0.2) is 11.5 Å². The van der Waals surface area contributed by atoms with E-state index in [4.69, 9.17) is 18.9 Å². The van der Waals surface area contributed by atoms with Gasteiger partial charge < -0.3 is 23.8 Å². The zero-order valence-corrected chi connectivity index (χ0v) is 22.4. The third-order valence-electron chi connectivity index (χ3n) is 10.5. The van der Waals surface area contributed by atoms with Crippen LogP contribution < -0.4 is 9.47 Å². The van der Waals surface area contributed by atoms with Gasteiger partial charge in [0.25, 0.3) is 0 Å². The first-order chi connectivity index (χ1) is 17.0. The first-order valence-corrected chi connectivity index (χ1v) is 13.7. The number of likely N-dealkylation sites (tertiary alicyclic amines) is 1. The Morgan fingerprint density at radius 1 is 1.09 bits per heavy atom. The smallest absolute Gasteiger partial charge is 0.165 e. The van der Waals surface area contributed by atoms with Gasteiger partial charge in [-0.05, 0) is 75.0 Å². The lowest BCUT2D eigenvalue weighted by atomic mass is 9.35. The molecular weight excluding hydrogens is 506 g/mol. The van der Waals surface area contributed by atoms with Crippen LogP contribution in [-0.2, 0) is 27.9 Å². The second-order valence-corrected chi connectivity index (χ2v) is 12.3. The fourth-order valence-corrected chi connectivity index (χ4v) is 9.34. The molecule has 1 unspecified atom stereocenters. The molecular formula is C29H34BrNO4. The van der Waals surface area contributed by atoms with Gasteiger partial charge in [-0.1, -0.05) is 34.1 Å². The number of fused-ring (bicyclic) bond motifs is 2. The highest BCUT2D eigenvalue weighted by Gasteiger charge is 2.80. The summed E-state index contributed by atoms with van der Waals surface area (Å²) in [5.74, 6) is 2.15. The van der Waals surface area contributed by atoms with Crippen LogP contribution in [0.25, 0.3) is 0 Å². The highest BCUT2D eigenvalue weighted by atomic mass is 79.9. The zero-order valence-electron chi connectivity index (χ0n) is 20.8. The Morgan fingerprint density at radius 3 is 2.69 bits per heavy atom. The molecule has 4 fully saturated rings. The summed E-state index contributed by atoms with van der Waals surface area (Å²) in [6, 6.07) is 13.3. The van der Waals surface area contributed by atoms with E-state index in [0.29, 0.717) is 25.2 Å². The zero-order chi connectivity index (χ0) is 24.0. The van der Waals surface area contributed by atoms with Gasteiger partial charge in [-0.25, -0.2) is 0 Å². The molecule has 35 heavy (non-hydrogen) atoms. The first-order valence-electron chi connectivity index (χ1n) is 12.9. The molecule has 2 aromatic rings. The average molecular weight is 540 g/mol. The maximum Gasteiger partial charge on any atom is 0.165 e. The van der Waals surface area contributed by atoms with Crippen molar-refractivity contribution in [2.75, 3.05) is 34.4 Å². The van der Waals surface area contributed by atoms with E-state index in [0.717, 1.165) is 48.2 Å². The van der Waals surface area contributed by atoms with E-state index < -0.39 is 0 Å². The molecule has 8 rings (SSSR count). The molecule has 0 N–H and O–H groups in total. The fraction of sp³-hybridized carbons (Fsp3) is 0.586.